The monoisotopic (exact) mass is 333 g/mol. The van der Waals surface area contributed by atoms with E-state index in [1.165, 1.54) is 7.11 Å². The second-order valence-electron chi connectivity index (χ2n) is 6.35. The molecular weight excluding hydrogens is 306 g/mol. The molecule has 0 bridgehead atoms. The fourth-order valence-electron chi connectivity index (χ4n) is 2.35. The van der Waals surface area contributed by atoms with Gasteiger partial charge < -0.3 is 9.64 Å². The summed E-state index contributed by atoms with van der Waals surface area (Å²) in [7, 11) is 1.33. The minimum absolute atomic E-state index is 0.0409. The fraction of sp³-hybridized carbons (Fsp3) is 0.526. The molecule has 0 heterocycles. The average molecular weight is 333 g/mol. The first kappa shape index (κ1) is 19.9. The first-order valence-corrected chi connectivity index (χ1v) is 8.28. The molecular formula is C19H27NO4. The van der Waals surface area contributed by atoms with E-state index in [1.54, 1.807) is 17.0 Å². The molecule has 132 valence electrons. The van der Waals surface area contributed by atoms with Crippen molar-refractivity contribution in [2.75, 3.05) is 20.2 Å². The molecule has 0 N–H and O–H groups in total. The molecule has 1 rings (SSSR count). The molecule has 0 saturated heterocycles. The van der Waals surface area contributed by atoms with Gasteiger partial charge in [-0.3, -0.25) is 14.4 Å². The van der Waals surface area contributed by atoms with E-state index in [0.29, 0.717) is 24.6 Å². The molecule has 0 spiro atoms. The van der Waals surface area contributed by atoms with E-state index in [4.69, 9.17) is 0 Å². The van der Waals surface area contributed by atoms with Crippen molar-refractivity contribution in [1.29, 1.82) is 0 Å². The number of amides is 1. The third-order valence-electron chi connectivity index (χ3n) is 3.69. The van der Waals surface area contributed by atoms with Gasteiger partial charge in [-0.2, -0.15) is 0 Å². The van der Waals surface area contributed by atoms with Crippen molar-refractivity contribution >= 4 is 17.7 Å². The number of carbonyl (C=O) groups excluding carboxylic acids is 3. The van der Waals surface area contributed by atoms with Crippen LogP contribution in [-0.2, 0) is 14.3 Å². The Morgan fingerprint density at radius 1 is 1.04 bits per heavy atom. The molecule has 0 aromatic heterocycles. The maximum absolute atomic E-state index is 12.4. The molecule has 0 aliphatic rings. The Morgan fingerprint density at radius 3 is 2.21 bits per heavy atom. The molecule has 0 atom stereocenters. The lowest BCUT2D eigenvalue weighted by molar-refractivity contribution is -0.141. The number of hydrogen-bond acceptors (Lipinski definition) is 4. The average Bonchev–Trinajstić information content (AvgIpc) is 2.56. The van der Waals surface area contributed by atoms with Crippen LogP contribution in [0.3, 0.4) is 0 Å². The van der Waals surface area contributed by atoms with Crippen LogP contribution in [0.5, 0.6) is 0 Å². The van der Waals surface area contributed by atoms with Crippen molar-refractivity contribution in [1.82, 2.24) is 4.90 Å². The van der Waals surface area contributed by atoms with Gasteiger partial charge in [-0.25, -0.2) is 0 Å². The largest absolute Gasteiger partial charge is 0.469 e. The number of rotatable bonds is 9. The van der Waals surface area contributed by atoms with Gasteiger partial charge in [-0.15, -0.1) is 0 Å². The van der Waals surface area contributed by atoms with Gasteiger partial charge in [-0.05, 0) is 12.8 Å². The normalized spacial score (nSPS) is 10.5. The Labute approximate surface area is 144 Å². The summed E-state index contributed by atoms with van der Waals surface area (Å²) in [5, 5.41) is 0. The second-order valence-corrected chi connectivity index (χ2v) is 6.35. The zero-order chi connectivity index (χ0) is 18.1. The minimum atomic E-state index is -0.340. The molecule has 1 aromatic rings. The summed E-state index contributed by atoms with van der Waals surface area (Å²) in [5.74, 6) is -0.194. The van der Waals surface area contributed by atoms with Gasteiger partial charge in [0.25, 0.3) is 0 Å². The molecule has 5 heteroatoms. The quantitative estimate of drug-likeness (QED) is 0.515. The Morgan fingerprint density at radius 2 is 1.67 bits per heavy atom. The first-order valence-electron chi connectivity index (χ1n) is 8.28. The molecule has 0 aliphatic carbocycles. The third-order valence-corrected chi connectivity index (χ3v) is 3.69. The highest BCUT2D eigenvalue weighted by atomic mass is 16.5. The van der Waals surface area contributed by atoms with E-state index >= 15 is 0 Å². The third kappa shape index (κ3) is 6.94. The van der Waals surface area contributed by atoms with Crippen molar-refractivity contribution in [3.63, 3.8) is 0 Å². The van der Waals surface area contributed by atoms with Crippen molar-refractivity contribution < 1.29 is 19.1 Å². The highest BCUT2D eigenvalue weighted by Crippen LogP contribution is 2.10. The number of nitrogens with zero attached hydrogens (tertiary/aromatic N) is 1. The zero-order valence-corrected chi connectivity index (χ0v) is 15.0. The molecule has 1 aromatic carbocycles. The summed E-state index contributed by atoms with van der Waals surface area (Å²) >= 11 is 0. The highest BCUT2D eigenvalue weighted by Gasteiger charge is 2.18. The van der Waals surface area contributed by atoms with Gasteiger partial charge in [0.2, 0.25) is 5.91 Å². The van der Waals surface area contributed by atoms with Crippen LogP contribution >= 0.6 is 0 Å². The molecule has 5 nitrogen and oxygen atoms in total. The van der Waals surface area contributed by atoms with Crippen LogP contribution in [0.25, 0.3) is 0 Å². The summed E-state index contributed by atoms with van der Waals surface area (Å²) in [6.07, 6.45) is 0.496. The number of benzene rings is 1. The molecule has 0 unspecified atom stereocenters. The molecule has 24 heavy (non-hydrogen) atoms. The number of ketones is 1. The molecule has 1 amide bonds. The topological polar surface area (TPSA) is 63.7 Å². The van der Waals surface area contributed by atoms with Crippen molar-refractivity contribution in [3.05, 3.63) is 35.4 Å². The Bertz CT molecular complexity index is 563. The standard InChI is InChI=1S/C19H27NO4/c1-14(2)13-20(12-11-19(23)24-4)18(22)10-9-17(21)16-7-5-15(3)6-8-16/h5-8,14H,9-13H2,1-4H3. The first-order chi connectivity index (χ1) is 11.3. The van der Waals surface area contributed by atoms with Crippen LogP contribution in [0.15, 0.2) is 24.3 Å². The number of methoxy groups -OCH3 is 1. The Kier molecular flexibility index (Phi) is 8.16. The van der Waals surface area contributed by atoms with E-state index < -0.39 is 0 Å². The van der Waals surface area contributed by atoms with E-state index in [2.05, 4.69) is 4.74 Å². The van der Waals surface area contributed by atoms with E-state index in [1.807, 2.05) is 32.9 Å². The summed E-state index contributed by atoms with van der Waals surface area (Å²) in [6.45, 7) is 6.87. The predicted molar refractivity (Wildman–Crippen MR) is 92.8 cm³/mol. The van der Waals surface area contributed by atoms with Crippen LogP contribution in [0.1, 0.15) is 49.0 Å². The number of ether oxygens (including phenoxy) is 1. The van der Waals surface area contributed by atoms with Gasteiger partial charge in [0.05, 0.1) is 13.5 Å². The van der Waals surface area contributed by atoms with Gasteiger partial charge in [-0.1, -0.05) is 43.7 Å². The fourth-order valence-corrected chi connectivity index (χ4v) is 2.35. The lowest BCUT2D eigenvalue weighted by atomic mass is 10.0. The van der Waals surface area contributed by atoms with Gasteiger partial charge in [0.15, 0.2) is 5.78 Å². The van der Waals surface area contributed by atoms with Gasteiger partial charge in [0.1, 0.15) is 0 Å². The SMILES string of the molecule is COC(=O)CCN(CC(C)C)C(=O)CCC(=O)c1ccc(C)cc1. The van der Waals surface area contributed by atoms with Gasteiger partial charge >= 0.3 is 5.97 Å². The zero-order valence-electron chi connectivity index (χ0n) is 15.0. The maximum atomic E-state index is 12.4. The highest BCUT2D eigenvalue weighted by molar-refractivity contribution is 5.98. The number of Topliss-reactive ketones (excluding diaryl/α,β-unsaturated/α-hetero) is 1. The molecule has 0 radical (unpaired) electrons. The lowest BCUT2D eigenvalue weighted by Crippen LogP contribution is -2.36. The number of esters is 1. The number of aryl methyl sites for hydroxylation is 1. The summed E-state index contributed by atoms with van der Waals surface area (Å²) in [5.41, 5.74) is 1.71. The van der Waals surface area contributed by atoms with Crippen LogP contribution in [0.2, 0.25) is 0 Å². The Hall–Kier alpha value is -2.17. The maximum Gasteiger partial charge on any atom is 0.307 e. The minimum Gasteiger partial charge on any atom is -0.469 e. The summed E-state index contributed by atoms with van der Waals surface area (Å²) in [6, 6.07) is 7.34. The van der Waals surface area contributed by atoms with Crippen LogP contribution in [-0.4, -0.2) is 42.8 Å². The molecule has 0 fully saturated rings. The number of carbonyl (C=O) groups is 3. The molecule has 0 aliphatic heterocycles. The smallest absolute Gasteiger partial charge is 0.307 e. The Balaban J connectivity index is 2.58. The van der Waals surface area contributed by atoms with Crippen molar-refractivity contribution in [2.45, 2.75) is 40.0 Å². The van der Waals surface area contributed by atoms with Crippen molar-refractivity contribution in [2.24, 2.45) is 5.92 Å². The van der Waals surface area contributed by atoms with E-state index in [9.17, 15) is 14.4 Å². The molecule has 0 saturated carbocycles. The van der Waals surface area contributed by atoms with E-state index in [0.717, 1.165) is 5.56 Å². The van der Waals surface area contributed by atoms with Crippen LogP contribution in [0.4, 0.5) is 0 Å². The van der Waals surface area contributed by atoms with Crippen molar-refractivity contribution in [3.8, 4) is 0 Å². The lowest BCUT2D eigenvalue weighted by Gasteiger charge is -2.24. The predicted octanol–water partition coefficient (Wildman–Crippen LogP) is 3.01. The van der Waals surface area contributed by atoms with E-state index in [-0.39, 0.29) is 36.9 Å². The van der Waals surface area contributed by atoms with Crippen LogP contribution in [0, 0.1) is 12.8 Å². The number of hydrogen-bond donors (Lipinski definition) is 0. The van der Waals surface area contributed by atoms with Crippen LogP contribution < -0.4 is 0 Å². The second kappa shape index (κ2) is 9.85. The summed E-state index contributed by atoms with van der Waals surface area (Å²) in [4.78, 5) is 37.5. The van der Waals surface area contributed by atoms with Gasteiger partial charge in [0, 0.05) is 31.5 Å². The summed E-state index contributed by atoms with van der Waals surface area (Å²) < 4.78 is 4.62.